The molecule has 0 fully saturated rings. The summed E-state index contributed by atoms with van der Waals surface area (Å²) in [6.07, 6.45) is 8.51. The second-order valence-corrected chi connectivity index (χ2v) is 9.14. The van der Waals surface area contributed by atoms with Crippen molar-refractivity contribution in [3.63, 3.8) is 0 Å². The van der Waals surface area contributed by atoms with E-state index in [-0.39, 0.29) is 5.91 Å². The van der Waals surface area contributed by atoms with Gasteiger partial charge >= 0.3 is 0 Å². The lowest BCUT2D eigenvalue weighted by Gasteiger charge is -2.11. The third-order valence-electron chi connectivity index (χ3n) is 4.61. The third-order valence-corrected chi connectivity index (χ3v) is 6.51. The number of amides is 1. The van der Waals surface area contributed by atoms with E-state index < -0.39 is 0 Å². The number of hydrogen-bond acceptors (Lipinski definition) is 5. The number of carbonyl (C=O) groups excluding carboxylic acids is 1. The summed E-state index contributed by atoms with van der Waals surface area (Å²) in [7, 11) is 0. The largest absolute Gasteiger partial charge is 0.351 e. The van der Waals surface area contributed by atoms with Crippen LogP contribution in [0, 0.1) is 5.92 Å². The van der Waals surface area contributed by atoms with Crippen LogP contribution in [-0.4, -0.2) is 33.5 Å². The van der Waals surface area contributed by atoms with Gasteiger partial charge in [-0.15, -0.1) is 21.5 Å². The fraction of sp³-hybridized carbons (Fsp3) is 0.632. The lowest BCUT2D eigenvalue weighted by atomic mass is 9.99. The van der Waals surface area contributed by atoms with Crippen molar-refractivity contribution in [2.24, 2.45) is 5.92 Å². The van der Waals surface area contributed by atoms with Crippen LogP contribution in [-0.2, 0) is 25.8 Å². The van der Waals surface area contributed by atoms with Crippen molar-refractivity contribution in [1.82, 2.24) is 20.1 Å². The first kappa shape index (κ1) is 19.4. The predicted molar refractivity (Wildman–Crippen MR) is 108 cm³/mol. The summed E-state index contributed by atoms with van der Waals surface area (Å²) < 4.78 is 2.21. The summed E-state index contributed by atoms with van der Waals surface area (Å²) in [5.74, 6) is 1.64. The molecule has 142 valence electrons. The Bertz CT molecular complexity index is 727. The van der Waals surface area contributed by atoms with Gasteiger partial charge in [0.2, 0.25) is 0 Å². The molecule has 0 saturated heterocycles. The van der Waals surface area contributed by atoms with Crippen LogP contribution in [0.4, 0.5) is 0 Å². The number of thiophene rings is 1. The molecule has 7 heteroatoms. The first-order chi connectivity index (χ1) is 12.6. The maximum Gasteiger partial charge on any atom is 0.261 e. The van der Waals surface area contributed by atoms with E-state index in [0.29, 0.717) is 12.5 Å². The van der Waals surface area contributed by atoms with Gasteiger partial charge in [-0.2, -0.15) is 0 Å². The van der Waals surface area contributed by atoms with Gasteiger partial charge in [-0.1, -0.05) is 25.6 Å². The zero-order valence-corrected chi connectivity index (χ0v) is 17.5. The van der Waals surface area contributed by atoms with Gasteiger partial charge < -0.3 is 9.88 Å². The third kappa shape index (κ3) is 4.68. The average molecular weight is 393 g/mol. The lowest BCUT2D eigenvalue weighted by molar-refractivity contribution is 0.0957. The molecule has 2 aromatic rings. The molecule has 1 aliphatic rings. The van der Waals surface area contributed by atoms with Crippen molar-refractivity contribution >= 4 is 29.0 Å². The Morgan fingerprint density at radius 2 is 2.15 bits per heavy atom. The van der Waals surface area contributed by atoms with Crippen LogP contribution in [0.3, 0.4) is 0 Å². The Hall–Kier alpha value is -1.34. The molecule has 0 saturated carbocycles. The number of carbonyl (C=O) groups is 1. The van der Waals surface area contributed by atoms with Crippen molar-refractivity contribution in [2.45, 2.75) is 64.1 Å². The fourth-order valence-corrected chi connectivity index (χ4v) is 5.03. The van der Waals surface area contributed by atoms with Crippen molar-refractivity contribution in [2.75, 3.05) is 12.8 Å². The quantitative estimate of drug-likeness (QED) is 0.546. The minimum Gasteiger partial charge on any atom is -0.351 e. The number of nitrogens with one attached hydrogen (secondary N) is 1. The molecule has 1 amide bonds. The van der Waals surface area contributed by atoms with Gasteiger partial charge in [0.1, 0.15) is 5.82 Å². The molecule has 3 rings (SSSR count). The summed E-state index contributed by atoms with van der Waals surface area (Å²) in [4.78, 5) is 14.7. The molecule has 2 heterocycles. The van der Waals surface area contributed by atoms with Gasteiger partial charge in [-0.05, 0) is 55.9 Å². The molecule has 0 radical (unpaired) electrons. The Kier molecular flexibility index (Phi) is 6.75. The lowest BCUT2D eigenvalue weighted by Crippen LogP contribution is -2.24. The molecule has 0 bridgehead atoms. The summed E-state index contributed by atoms with van der Waals surface area (Å²) in [6.45, 7) is 6.01. The van der Waals surface area contributed by atoms with Crippen LogP contribution >= 0.6 is 23.1 Å². The number of fused-ring (bicyclic) bond motifs is 1. The van der Waals surface area contributed by atoms with Gasteiger partial charge in [-0.3, -0.25) is 4.79 Å². The second-order valence-electron chi connectivity index (χ2n) is 7.23. The molecule has 1 aliphatic carbocycles. The molecule has 0 aliphatic heterocycles. The van der Waals surface area contributed by atoms with Gasteiger partial charge in [0.15, 0.2) is 5.16 Å². The Balaban J connectivity index is 1.50. The van der Waals surface area contributed by atoms with Crippen LogP contribution in [0.2, 0.25) is 0 Å². The molecule has 0 atom stereocenters. The van der Waals surface area contributed by atoms with Crippen LogP contribution in [0.25, 0.3) is 0 Å². The Morgan fingerprint density at radius 3 is 2.88 bits per heavy atom. The Morgan fingerprint density at radius 1 is 1.35 bits per heavy atom. The molecule has 5 nitrogen and oxygen atoms in total. The van der Waals surface area contributed by atoms with Crippen molar-refractivity contribution in [1.29, 1.82) is 0 Å². The highest BCUT2D eigenvalue weighted by molar-refractivity contribution is 7.98. The van der Waals surface area contributed by atoms with Gasteiger partial charge in [0, 0.05) is 24.4 Å². The van der Waals surface area contributed by atoms with Crippen molar-refractivity contribution in [3.05, 3.63) is 27.2 Å². The van der Waals surface area contributed by atoms with Crippen molar-refractivity contribution < 1.29 is 4.79 Å². The van der Waals surface area contributed by atoms with Crippen molar-refractivity contribution in [3.8, 4) is 0 Å². The number of nitrogens with zero attached hydrogens (tertiary/aromatic N) is 3. The molecule has 0 aromatic carbocycles. The fourth-order valence-electron chi connectivity index (χ4n) is 3.34. The highest BCUT2D eigenvalue weighted by atomic mass is 32.2. The molecular weight excluding hydrogens is 364 g/mol. The number of aryl methyl sites for hydroxylation is 3. The van der Waals surface area contributed by atoms with Crippen LogP contribution < -0.4 is 5.32 Å². The monoisotopic (exact) mass is 392 g/mol. The number of rotatable bonds is 8. The summed E-state index contributed by atoms with van der Waals surface area (Å²) >= 11 is 3.31. The summed E-state index contributed by atoms with van der Waals surface area (Å²) in [5.41, 5.74) is 1.39. The van der Waals surface area contributed by atoms with Crippen LogP contribution in [0.1, 0.15) is 59.0 Å². The standard InChI is InChI=1S/C19H28N4OS2/c1-13(2)12-23-17(21-22-19(23)25-3)9-6-10-20-18(24)16-11-14-7-4-5-8-15(14)26-16/h11,13H,4-10,12H2,1-3H3,(H,20,24). The zero-order valence-electron chi connectivity index (χ0n) is 15.9. The molecular formula is C19H28N4OS2. The minimum atomic E-state index is 0.0675. The SMILES string of the molecule is CSc1nnc(CCCNC(=O)c2cc3c(s2)CCCC3)n1CC(C)C. The molecule has 1 N–H and O–H groups in total. The minimum absolute atomic E-state index is 0.0675. The second kappa shape index (κ2) is 9.04. The maximum atomic E-state index is 12.4. The highest BCUT2D eigenvalue weighted by Crippen LogP contribution is 2.29. The maximum absolute atomic E-state index is 12.4. The first-order valence-corrected chi connectivity index (χ1v) is 11.5. The predicted octanol–water partition coefficient (Wildman–Crippen LogP) is 3.96. The zero-order chi connectivity index (χ0) is 18.5. The average Bonchev–Trinajstić information content (AvgIpc) is 3.22. The van der Waals surface area contributed by atoms with E-state index in [1.54, 1.807) is 23.1 Å². The molecule has 26 heavy (non-hydrogen) atoms. The smallest absolute Gasteiger partial charge is 0.261 e. The van der Waals surface area contributed by atoms with E-state index in [1.807, 2.05) is 6.26 Å². The van der Waals surface area contributed by atoms with E-state index in [1.165, 1.54) is 23.3 Å². The van der Waals surface area contributed by atoms with E-state index in [4.69, 9.17) is 0 Å². The van der Waals surface area contributed by atoms with E-state index >= 15 is 0 Å². The number of aromatic nitrogens is 3. The normalized spacial score (nSPS) is 13.8. The highest BCUT2D eigenvalue weighted by Gasteiger charge is 2.17. The summed E-state index contributed by atoms with van der Waals surface area (Å²) in [6, 6.07) is 2.10. The van der Waals surface area contributed by atoms with E-state index in [2.05, 4.69) is 40.0 Å². The number of thioether (sulfide) groups is 1. The topological polar surface area (TPSA) is 59.8 Å². The summed E-state index contributed by atoms with van der Waals surface area (Å²) in [5, 5.41) is 12.7. The molecule has 2 aromatic heterocycles. The molecule has 0 unspecified atom stereocenters. The van der Waals surface area contributed by atoms with E-state index in [9.17, 15) is 4.79 Å². The van der Waals surface area contributed by atoms with Crippen LogP contribution in [0.15, 0.2) is 11.2 Å². The van der Waals surface area contributed by atoms with Gasteiger partial charge in [0.05, 0.1) is 4.88 Å². The van der Waals surface area contributed by atoms with Crippen LogP contribution in [0.5, 0.6) is 0 Å². The Labute approximate surface area is 164 Å². The van der Waals surface area contributed by atoms with E-state index in [0.717, 1.165) is 48.1 Å². The van der Waals surface area contributed by atoms with Gasteiger partial charge in [0.25, 0.3) is 5.91 Å². The van der Waals surface area contributed by atoms with Gasteiger partial charge in [-0.25, -0.2) is 0 Å². The molecule has 0 spiro atoms. The number of hydrogen-bond donors (Lipinski definition) is 1. The first-order valence-electron chi connectivity index (χ1n) is 9.44.